The molecule has 25 heavy (non-hydrogen) atoms. The van der Waals surface area contributed by atoms with Gasteiger partial charge in [0.05, 0.1) is 4.47 Å². The van der Waals surface area contributed by atoms with Crippen molar-refractivity contribution in [2.45, 2.75) is 50.0 Å². The number of rotatable bonds is 5. The van der Waals surface area contributed by atoms with Crippen LogP contribution in [-0.2, 0) is 10.0 Å². The fourth-order valence-electron chi connectivity index (χ4n) is 3.86. The third kappa shape index (κ3) is 4.21. The number of benzene rings is 1. The fourth-order valence-corrected chi connectivity index (χ4v) is 6.54. The number of hydrogen-bond donors (Lipinski definition) is 1. The molecule has 0 radical (unpaired) electrons. The van der Waals surface area contributed by atoms with Gasteiger partial charge in [-0.3, -0.25) is 0 Å². The number of sulfonamides is 1. The molecule has 7 heteroatoms. The summed E-state index contributed by atoms with van der Waals surface area (Å²) in [6.07, 6.45) is 5.17. The van der Waals surface area contributed by atoms with Gasteiger partial charge >= 0.3 is 0 Å². The second-order valence-corrected chi connectivity index (χ2v) is 9.97. The summed E-state index contributed by atoms with van der Waals surface area (Å²) in [5.74, 6) is 0.766. The maximum absolute atomic E-state index is 13.1. The maximum atomic E-state index is 13.1. The van der Waals surface area contributed by atoms with Crippen molar-refractivity contribution in [3.05, 3.63) is 22.7 Å². The Kier molecular flexibility index (Phi) is 6.08. The van der Waals surface area contributed by atoms with Gasteiger partial charge in [0.2, 0.25) is 10.0 Å². The number of aromatic hydroxyl groups is 1. The summed E-state index contributed by atoms with van der Waals surface area (Å²) in [5, 5.41) is 9.83. The van der Waals surface area contributed by atoms with Gasteiger partial charge in [-0.1, -0.05) is 13.0 Å². The molecule has 0 saturated carbocycles. The highest BCUT2D eigenvalue weighted by molar-refractivity contribution is 9.10. The van der Waals surface area contributed by atoms with Gasteiger partial charge in [0, 0.05) is 12.6 Å². The summed E-state index contributed by atoms with van der Waals surface area (Å²) < 4.78 is 28.1. The van der Waals surface area contributed by atoms with Crippen LogP contribution in [0.3, 0.4) is 0 Å². The van der Waals surface area contributed by atoms with Crippen LogP contribution in [0, 0.1) is 5.92 Å². The van der Waals surface area contributed by atoms with Gasteiger partial charge in [-0.2, -0.15) is 4.31 Å². The standard InChI is InChI=1S/C18H27BrN2O3S/c1-14-7-11-20(12-8-14)13-9-15-4-3-10-21(15)25(23,24)17-6-2-5-16(22)18(17)19/h2,5-6,14-15,22H,3-4,7-13H2,1H3/t15-/m1/s1. The molecule has 0 aliphatic carbocycles. The Morgan fingerprint density at radius 2 is 1.92 bits per heavy atom. The highest BCUT2D eigenvalue weighted by atomic mass is 79.9. The number of likely N-dealkylation sites (tertiary alicyclic amines) is 1. The van der Waals surface area contributed by atoms with Gasteiger partial charge in [-0.05, 0) is 85.7 Å². The fraction of sp³-hybridized carbons (Fsp3) is 0.667. The first kappa shape index (κ1) is 19.1. The Labute approximate surface area is 159 Å². The molecule has 2 aliphatic heterocycles. The molecule has 1 atom stereocenters. The Morgan fingerprint density at radius 3 is 2.64 bits per heavy atom. The normalized spacial score (nSPS) is 24.0. The van der Waals surface area contributed by atoms with E-state index in [-0.39, 0.29) is 21.2 Å². The molecule has 3 rings (SSSR count). The number of nitrogens with zero attached hydrogens (tertiary/aromatic N) is 2. The van der Waals surface area contributed by atoms with Crippen LogP contribution in [0.1, 0.15) is 39.0 Å². The van der Waals surface area contributed by atoms with Crippen molar-refractivity contribution in [2.24, 2.45) is 5.92 Å². The Hall–Kier alpha value is -0.630. The zero-order chi connectivity index (χ0) is 18.0. The summed E-state index contributed by atoms with van der Waals surface area (Å²) in [5.41, 5.74) is 0. The Morgan fingerprint density at radius 1 is 1.20 bits per heavy atom. The quantitative estimate of drug-likeness (QED) is 0.776. The largest absolute Gasteiger partial charge is 0.507 e. The summed E-state index contributed by atoms with van der Waals surface area (Å²) in [6.45, 7) is 6.07. The number of phenols is 1. The number of piperidine rings is 1. The van der Waals surface area contributed by atoms with Gasteiger partial charge in [-0.25, -0.2) is 8.42 Å². The molecular weight excluding hydrogens is 404 g/mol. The number of hydrogen-bond acceptors (Lipinski definition) is 4. The molecule has 2 heterocycles. The average molecular weight is 431 g/mol. The van der Waals surface area contributed by atoms with Gasteiger partial charge in [0.25, 0.3) is 0 Å². The van der Waals surface area contributed by atoms with E-state index in [2.05, 4.69) is 27.8 Å². The van der Waals surface area contributed by atoms with Crippen LogP contribution in [0.4, 0.5) is 0 Å². The molecule has 0 aromatic heterocycles. The smallest absolute Gasteiger partial charge is 0.244 e. The van der Waals surface area contributed by atoms with E-state index in [9.17, 15) is 13.5 Å². The minimum atomic E-state index is -3.59. The SMILES string of the molecule is CC1CCN(CC[C@H]2CCCN2S(=O)(=O)c2cccc(O)c2Br)CC1. The van der Waals surface area contributed by atoms with E-state index >= 15 is 0 Å². The Balaban J connectivity index is 1.69. The van der Waals surface area contributed by atoms with E-state index in [4.69, 9.17) is 0 Å². The van der Waals surface area contributed by atoms with E-state index in [1.54, 1.807) is 16.4 Å². The molecular formula is C18H27BrN2O3S. The molecule has 0 spiro atoms. The van der Waals surface area contributed by atoms with Crippen LogP contribution >= 0.6 is 15.9 Å². The highest BCUT2D eigenvalue weighted by Gasteiger charge is 2.36. The van der Waals surface area contributed by atoms with Crippen molar-refractivity contribution in [2.75, 3.05) is 26.2 Å². The highest BCUT2D eigenvalue weighted by Crippen LogP contribution is 2.35. The van der Waals surface area contributed by atoms with E-state index in [0.29, 0.717) is 6.54 Å². The molecule has 0 bridgehead atoms. The topological polar surface area (TPSA) is 60.9 Å². The van der Waals surface area contributed by atoms with Crippen LogP contribution in [0.5, 0.6) is 5.75 Å². The van der Waals surface area contributed by atoms with Crippen LogP contribution in [-0.4, -0.2) is 55.0 Å². The first-order chi connectivity index (χ1) is 11.9. The summed E-state index contributed by atoms with van der Waals surface area (Å²) in [4.78, 5) is 2.62. The minimum absolute atomic E-state index is 0.0424. The van der Waals surface area contributed by atoms with Crippen molar-refractivity contribution in [1.82, 2.24) is 9.21 Å². The second kappa shape index (κ2) is 7.94. The van der Waals surface area contributed by atoms with Gasteiger partial charge in [0.15, 0.2) is 0 Å². The zero-order valence-corrected chi connectivity index (χ0v) is 17.1. The average Bonchev–Trinajstić information content (AvgIpc) is 3.06. The summed E-state index contributed by atoms with van der Waals surface area (Å²) in [6, 6.07) is 4.67. The minimum Gasteiger partial charge on any atom is -0.507 e. The predicted molar refractivity (Wildman–Crippen MR) is 102 cm³/mol. The lowest BCUT2D eigenvalue weighted by Crippen LogP contribution is -2.40. The van der Waals surface area contributed by atoms with Crippen molar-refractivity contribution in [3.63, 3.8) is 0 Å². The van der Waals surface area contributed by atoms with E-state index in [1.807, 2.05) is 0 Å². The van der Waals surface area contributed by atoms with Crippen LogP contribution < -0.4 is 0 Å². The summed E-state index contributed by atoms with van der Waals surface area (Å²) >= 11 is 3.23. The Bertz CT molecular complexity index is 702. The molecule has 5 nitrogen and oxygen atoms in total. The molecule has 2 aliphatic rings. The number of phenolic OH excluding ortho intramolecular Hbond substituents is 1. The van der Waals surface area contributed by atoms with Gasteiger partial charge in [0.1, 0.15) is 10.6 Å². The van der Waals surface area contributed by atoms with Crippen LogP contribution in [0.25, 0.3) is 0 Å². The van der Waals surface area contributed by atoms with E-state index in [0.717, 1.165) is 44.8 Å². The molecule has 0 unspecified atom stereocenters. The van der Waals surface area contributed by atoms with E-state index in [1.165, 1.54) is 18.9 Å². The third-order valence-electron chi connectivity index (χ3n) is 5.51. The lowest BCUT2D eigenvalue weighted by atomic mass is 9.99. The van der Waals surface area contributed by atoms with Crippen molar-refractivity contribution >= 4 is 26.0 Å². The molecule has 0 amide bonds. The lowest BCUT2D eigenvalue weighted by Gasteiger charge is -2.32. The second-order valence-electron chi connectivity index (χ2n) is 7.31. The zero-order valence-electron chi connectivity index (χ0n) is 14.7. The molecule has 140 valence electrons. The van der Waals surface area contributed by atoms with Crippen molar-refractivity contribution in [3.8, 4) is 5.75 Å². The molecule has 2 fully saturated rings. The molecule has 2 saturated heterocycles. The van der Waals surface area contributed by atoms with Crippen LogP contribution in [0.2, 0.25) is 0 Å². The number of halogens is 1. The first-order valence-electron chi connectivity index (χ1n) is 9.11. The maximum Gasteiger partial charge on any atom is 0.244 e. The predicted octanol–water partition coefficient (Wildman–Crippen LogP) is 3.43. The third-order valence-corrected chi connectivity index (χ3v) is 8.60. The summed E-state index contributed by atoms with van der Waals surface area (Å²) in [7, 11) is -3.59. The monoisotopic (exact) mass is 430 g/mol. The lowest BCUT2D eigenvalue weighted by molar-refractivity contribution is 0.179. The van der Waals surface area contributed by atoms with Crippen LogP contribution in [0.15, 0.2) is 27.6 Å². The van der Waals surface area contributed by atoms with Crippen molar-refractivity contribution < 1.29 is 13.5 Å². The van der Waals surface area contributed by atoms with E-state index < -0.39 is 10.0 Å². The first-order valence-corrected chi connectivity index (χ1v) is 11.3. The molecule has 1 aromatic rings. The van der Waals surface area contributed by atoms with Gasteiger partial charge in [-0.15, -0.1) is 0 Å². The molecule has 1 aromatic carbocycles. The van der Waals surface area contributed by atoms with Gasteiger partial charge < -0.3 is 10.0 Å². The van der Waals surface area contributed by atoms with Crippen molar-refractivity contribution in [1.29, 1.82) is 0 Å². The molecule has 1 N–H and O–H groups in total.